The summed E-state index contributed by atoms with van der Waals surface area (Å²) in [6.45, 7) is 1.76. The number of likely N-dealkylation sites (N-methyl/N-ethyl adjacent to an activating group) is 1. The van der Waals surface area contributed by atoms with E-state index in [-0.39, 0.29) is 11.9 Å². The molecule has 0 aliphatic carbocycles. The van der Waals surface area contributed by atoms with Crippen LogP contribution in [-0.2, 0) is 4.79 Å². The molecule has 66 valence electrons. The molecule has 0 radical (unpaired) electrons. The molecule has 1 atom stereocenters. The summed E-state index contributed by atoms with van der Waals surface area (Å²) in [6.07, 6.45) is 0. The van der Waals surface area contributed by atoms with Crippen LogP contribution in [0.3, 0.4) is 0 Å². The maximum atomic E-state index is 11.0. The van der Waals surface area contributed by atoms with Crippen molar-refractivity contribution in [3.8, 4) is 0 Å². The topological polar surface area (TPSA) is 66.9 Å². The maximum absolute atomic E-state index is 11.0. The number of nitrogens with zero attached hydrogens (tertiary/aromatic N) is 2. The fourth-order valence-electron chi connectivity index (χ4n) is 0.703. The molecule has 6 heteroatoms. The van der Waals surface area contributed by atoms with E-state index in [1.54, 1.807) is 19.5 Å². The normalized spacial score (nSPS) is 12.2. The van der Waals surface area contributed by atoms with Crippen molar-refractivity contribution in [3.05, 3.63) is 5.51 Å². The first kappa shape index (κ1) is 8.92. The van der Waals surface area contributed by atoms with E-state index < -0.39 is 0 Å². The lowest BCUT2D eigenvalue weighted by Crippen LogP contribution is -2.35. The van der Waals surface area contributed by atoms with Crippen molar-refractivity contribution in [2.75, 3.05) is 12.4 Å². The summed E-state index contributed by atoms with van der Waals surface area (Å²) in [7, 11) is 1.60. The summed E-state index contributed by atoms with van der Waals surface area (Å²) in [4.78, 5) is 11.0. The number of hydrogen-bond donors (Lipinski definition) is 2. The minimum atomic E-state index is -0.275. The van der Waals surface area contributed by atoms with Crippen LogP contribution in [0.2, 0.25) is 0 Å². The highest BCUT2D eigenvalue weighted by atomic mass is 32.1. The minimum Gasteiger partial charge on any atom is -0.357 e. The smallest absolute Gasteiger partial charge is 0.242 e. The maximum Gasteiger partial charge on any atom is 0.242 e. The lowest BCUT2D eigenvalue weighted by atomic mass is 10.3. The number of hydrogen-bond acceptors (Lipinski definition) is 5. The van der Waals surface area contributed by atoms with E-state index >= 15 is 0 Å². The van der Waals surface area contributed by atoms with Crippen molar-refractivity contribution in [1.82, 2.24) is 15.5 Å². The molecule has 0 aliphatic rings. The zero-order valence-electron chi connectivity index (χ0n) is 6.87. The molecule has 1 amide bonds. The first-order chi connectivity index (χ1) is 5.74. The van der Waals surface area contributed by atoms with Gasteiger partial charge < -0.3 is 10.6 Å². The van der Waals surface area contributed by atoms with E-state index in [1.165, 1.54) is 11.3 Å². The molecule has 1 aromatic rings. The predicted molar refractivity (Wildman–Crippen MR) is 47.1 cm³/mol. The van der Waals surface area contributed by atoms with Gasteiger partial charge in [0.05, 0.1) is 0 Å². The average Bonchev–Trinajstić information content (AvgIpc) is 2.55. The van der Waals surface area contributed by atoms with Crippen LogP contribution in [0.1, 0.15) is 6.92 Å². The number of carbonyl (C=O) groups excluding carboxylic acids is 1. The van der Waals surface area contributed by atoms with Crippen molar-refractivity contribution in [1.29, 1.82) is 0 Å². The Morgan fingerprint density at radius 1 is 1.75 bits per heavy atom. The van der Waals surface area contributed by atoms with Gasteiger partial charge in [0, 0.05) is 7.05 Å². The second-order valence-electron chi connectivity index (χ2n) is 2.22. The Balaban J connectivity index is 2.47. The summed E-state index contributed by atoms with van der Waals surface area (Å²) in [5, 5.41) is 13.5. The summed E-state index contributed by atoms with van der Waals surface area (Å²) >= 11 is 1.37. The van der Waals surface area contributed by atoms with Crippen molar-refractivity contribution in [2.24, 2.45) is 0 Å². The SMILES string of the molecule is CNC(=O)C(C)Nc1nncs1. The van der Waals surface area contributed by atoms with E-state index in [0.29, 0.717) is 5.13 Å². The zero-order valence-corrected chi connectivity index (χ0v) is 7.68. The van der Waals surface area contributed by atoms with Gasteiger partial charge in [-0.3, -0.25) is 4.79 Å². The molecule has 0 saturated carbocycles. The Labute approximate surface area is 74.2 Å². The molecule has 1 heterocycles. The van der Waals surface area contributed by atoms with Crippen LogP contribution in [0.5, 0.6) is 0 Å². The van der Waals surface area contributed by atoms with E-state index in [9.17, 15) is 4.79 Å². The highest BCUT2D eigenvalue weighted by molar-refractivity contribution is 7.13. The van der Waals surface area contributed by atoms with Gasteiger partial charge in [0.1, 0.15) is 11.6 Å². The summed E-state index contributed by atoms with van der Waals surface area (Å²) in [6, 6.07) is -0.275. The molecule has 0 aliphatic heterocycles. The van der Waals surface area contributed by atoms with E-state index in [4.69, 9.17) is 0 Å². The van der Waals surface area contributed by atoms with E-state index in [1.807, 2.05) is 0 Å². The highest BCUT2D eigenvalue weighted by Gasteiger charge is 2.10. The molecule has 1 rings (SSSR count). The van der Waals surface area contributed by atoms with Gasteiger partial charge >= 0.3 is 0 Å². The van der Waals surface area contributed by atoms with Gasteiger partial charge in [-0.15, -0.1) is 10.2 Å². The Bertz CT molecular complexity index is 248. The van der Waals surface area contributed by atoms with Gasteiger partial charge in [-0.25, -0.2) is 0 Å². The van der Waals surface area contributed by atoms with Crippen LogP contribution in [0.15, 0.2) is 5.51 Å². The van der Waals surface area contributed by atoms with Crippen LogP contribution in [-0.4, -0.2) is 29.2 Å². The second-order valence-corrected chi connectivity index (χ2v) is 3.06. The first-order valence-electron chi connectivity index (χ1n) is 3.48. The molecule has 0 saturated heterocycles. The van der Waals surface area contributed by atoms with Crippen LogP contribution < -0.4 is 10.6 Å². The van der Waals surface area contributed by atoms with Crippen molar-refractivity contribution >= 4 is 22.4 Å². The van der Waals surface area contributed by atoms with Crippen molar-refractivity contribution < 1.29 is 4.79 Å². The quantitative estimate of drug-likeness (QED) is 0.701. The molecular formula is C6H10N4OS. The van der Waals surface area contributed by atoms with Gasteiger partial charge in [0.2, 0.25) is 11.0 Å². The standard InChI is InChI=1S/C6H10N4OS/c1-4(5(11)7-2)9-6-10-8-3-12-6/h3-4H,1-2H3,(H,7,11)(H,9,10). The summed E-state index contributed by atoms with van der Waals surface area (Å²) in [5.74, 6) is -0.0646. The van der Waals surface area contributed by atoms with Crippen LogP contribution in [0.4, 0.5) is 5.13 Å². The minimum absolute atomic E-state index is 0.0646. The Morgan fingerprint density at radius 2 is 2.50 bits per heavy atom. The molecule has 0 fully saturated rings. The van der Waals surface area contributed by atoms with Gasteiger partial charge in [-0.05, 0) is 6.92 Å². The Kier molecular flexibility index (Phi) is 2.98. The molecule has 1 aromatic heterocycles. The van der Waals surface area contributed by atoms with Crippen LogP contribution in [0, 0.1) is 0 Å². The zero-order chi connectivity index (χ0) is 8.97. The molecule has 1 unspecified atom stereocenters. The average molecular weight is 186 g/mol. The number of aromatic nitrogens is 2. The predicted octanol–water partition coefficient (Wildman–Crippen LogP) is 0.0845. The highest BCUT2D eigenvalue weighted by Crippen LogP contribution is 2.09. The Morgan fingerprint density at radius 3 is 3.00 bits per heavy atom. The number of nitrogens with one attached hydrogen (secondary N) is 2. The monoisotopic (exact) mass is 186 g/mol. The number of rotatable bonds is 3. The van der Waals surface area contributed by atoms with Crippen LogP contribution in [0.25, 0.3) is 0 Å². The van der Waals surface area contributed by atoms with Crippen molar-refractivity contribution in [3.63, 3.8) is 0 Å². The third kappa shape index (κ3) is 2.16. The molecular weight excluding hydrogens is 176 g/mol. The third-order valence-electron chi connectivity index (χ3n) is 1.34. The number of carbonyl (C=O) groups is 1. The molecule has 0 bridgehead atoms. The largest absolute Gasteiger partial charge is 0.357 e. The molecule has 5 nitrogen and oxygen atoms in total. The fourth-order valence-corrected chi connectivity index (χ4v) is 1.24. The number of anilines is 1. The lowest BCUT2D eigenvalue weighted by Gasteiger charge is -2.09. The van der Waals surface area contributed by atoms with Gasteiger partial charge in [-0.1, -0.05) is 11.3 Å². The second kappa shape index (κ2) is 4.01. The first-order valence-corrected chi connectivity index (χ1v) is 4.36. The van der Waals surface area contributed by atoms with E-state index in [0.717, 1.165) is 0 Å². The molecule has 0 aromatic carbocycles. The van der Waals surface area contributed by atoms with E-state index in [2.05, 4.69) is 20.8 Å². The van der Waals surface area contributed by atoms with Crippen molar-refractivity contribution in [2.45, 2.75) is 13.0 Å². The van der Waals surface area contributed by atoms with Gasteiger partial charge in [-0.2, -0.15) is 0 Å². The molecule has 0 spiro atoms. The summed E-state index contributed by atoms with van der Waals surface area (Å²) < 4.78 is 0. The fraction of sp³-hybridized carbons (Fsp3) is 0.500. The molecule has 12 heavy (non-hydrogen) atoms. The van der Waals surface area contributed by atoms with Crippen LogP contribution >= 0.6 is 11.3 Å². The summed E-state index contributed by atoms with van der Waals surface area (Å²) in [5.41, 5.74) is 1.61. The molecule has 2 N–H and O–H groups in total. The third-order valence-corrected chi connectivity index (χ3v) is 1.96. The lowest BCUT2D eigenvalue weighted by molar-refractivity contribution is -0.121. The van der Waals surface area contributed by atoms with Gasteiger partial charge in [0.25, 0.3) is 0 Å². The Hall–Kier alpha value is -1.17. The van der Waals surface area contributed by atoms with Gasteiger partial charge in [0.15, 0.2) is 0 Å². The number of amides is 1.